The Morgan fingerprint density at radius 1 is 0.484 bits per heavy atom. The molecule has 0 spiro atoms. The van der Waals surface area contributed by atoms with Crippen LogP contribution in [-0.2, 0) is 58.4 Å². The summed E-state index contributed by atoms with van der Waals surface area (Å²) in [7, 11) is 2.38. The fourth-order valence-electron chi connectivity index (χ4n) is 12.5. The summed E-state index contributed by atoms with van der Waals surface area (Å²) in [4.78, 5) is 11.6. The Bertz CT molecular complexity index is 3170. The number of benzene rings is 6. The zero-order valence-electron chi connectivity index (χ0n) is 38.9. The summed E-state index contributed by atoms with van der Waals surface area (Å²) in [6.45, 7) is 19.0. The molecule has 0 radical (unpaired) electrons. The van der Waals surface area contributed by atoms with E-state index in [1.165, 1.54) is 147 Å². The van der Waals surface area contributed by atoms with Crippen LogP contribution in [0.25, 0.3) is 65.2 Å². The largest absolute Gasteiger partial charge is 0.241 e. The third-order valence-corrected chi connectivity index (χ3v) is 14.8. The number of hydrogen-bond acceptors (Lipinski definition) is 2. The standard InChI is InChI=1S/C58H66N4/c1-32(2)26-36-18-22-40-42-24-20-38(28-34(5)6)50(52(42)57-54(44(40)30-36)59-46-14-10-12-16-48(46)61(57)9)56-51-39(29-35(7)8)21-25-43-41-23-19-37(27-33(3)4)31-45(41)55-58(53(43)51)62(56)49-17-13-11-15-47(49)60-55/h18-25,30-35,56H,10-17,26-29H2,1-9H3/q+2. The number of hydrogen-bond donors (Lipinski definition) is 0. The Labute approximate surface area is 368 Å². The molecule has 0 N–H and O–H groups in total. The number of aromatic nitrogens is 4. The summed E-state index contributed by atoms with van der Waals surface area (Å²) < 4.78 is 5.53. The van der Waals surface area contributed by atoms with Gasteiger partial charge in [-0.2, -0.15) is 9.13 Å². The molecule has 4 nitrogen and oxygen atoms in total. The first-order valence-corrected chi connectivity index (χ1v) is 24.4. The maximum Gasteiger partial charge on any atom is 0.241 e. The minimum absolute atomic E-state index is 0.0288. The number of fused-ring (bicyclic) bond motifs is 12. The molecule has 0 saturated carbocycles. The van der Waals surface area contributed by atoms with Gasteiger partial charge in [0, 0.05) is 34.7 Å². The van der Waals surface area contributed by atoms with E-state index >= 15 is 0 Å². The van der Waals surface area contributed by atoms with Crippen LogP contribution in [0.2, 0.25) is 0 Å². The second-order valence-electron chi connectivity index (χ2n) is 21.4. The second-order valence-corrected chi connectivity index (χ2v) is 21.4. The minimum atomic E-state index is 0.0288. The van der Waals surface area contributed by atoms with Crippen LogP contribution in [0.15, 0.2) is 60.7 Å². The smallest absolute Gasteiger partial charge is 0.239 e. The van der Waals surface area contributed by atoms with E-state index in [0.717, 1.165) is 51.4 Å². The summed E-state index contributed by atoms with van der Waals surface area (Å²) in [5.74, 6) is 2.21. The monoisotopic (exact) mass is 819 g/mol. The predicted octanol–water partition coefficient (Wildman–Crippen LogP) is 13.0. The van der Waals surface area contributed by atoms with Crippen LogP contribution in [0.5, 0.6) is 0 Å². The highest BCUT2D eigenvalue weighted by Crippen LogP contribution is 2.50. The van der Waals surface area contributed by atoms with E-state index in [2.05, 4.69) is 132 Å². The molecule has 3 aliphatic rings. The van der Waals surface area contributed by atoms with Gasteiger partial charge in [0.25, 0.3) is 0 Å². The van der Waals surface area contributed by atoms with Crippen LogP contribution >= 0.6 is 0 Å². The molecule has 316 valence electrons. The molecule has 2 aromatic heterocycles. The van der Waals surface area contributed by atoms with E-state index in [9.17, 15) is 0 Å². The molecule has 3 heterocycles. The molecule has 4 heteroatoms. The van der Waals surface area contributed by atoms with Crippen molar-refractivity contribution in [3.05, 3.63) is 117 Å². The lowest BCUT2D eigenvalue weighted by molar-refractivity contribution is -0.683. The molecule has 6 aromatic carbocycles. The zero-order valence-corrected chi connectivity index (χ0v) is 38.9. The molecule has 62 heavy (non-hydrogen) atoms. The molecule has 11 rings (SSSR count). The van der Waals surface area contributed by atoms with Crippen molar-refractivity contribution in [1.82, 2.24) is 9.97 Å². The van der Waals surface area contributed by atoms with Gasteiger partial charge < -0.3 is 0 Å². The van der Waals surface area contributed by atoms with Gasteiger partial charge in [-0.1, -0.05) is 104 Å². The highest BCUT2D eigenvalue weighted by molar-refractivity contribution is 6.26. The molecular weight excluding hydrogens is 753 g/mol. The van der Waals surface area contributed by atoms with Crippen LogP contribution in [0.1, 0.15) is 143 Å². The molecule has 0 saturated heterocycles. The van der Waals surface area contributed by atoms with Crippen molar-refractivity contribution in [2.45, 2.75) is 138 Å². The van der Waals surface area contributed by atoms with Crippen LogP contribution in [0.3, 0.4) is 0 Å². The van der Waals surface area contributed by atoms with E-state index in [1.807, 2.05) is 0 Å². The highest BCUT2D eigenvalue weighted by Gasteiger charge is 2.46. The van der Waals surface area contributed by atoms with Gasteiger partial charge >= 0.3 is 0 Å². The van der Waals surface area contributed by atoms with E-state index in [-0.39, 0.29) is 6.04 Å². The van der Waals surface area contributed by atoms with Gasteiger partial charge in [0.15, 0.2) is 0 Å². The summed E-state index contributed by atoms with van der Waals surface area (Å²) in [6.07, 6.45) is 13.4. The first-order valence-electron chi connectivity index (χ1n) is 24.4. The van der Waals surface area contributed by atoms with Crippen molar-refractivity contribution >= 4 is 65.2 Å². The normalized spacial score (nSPS) is 16.3. The van der Waals surface area contributed by atoms with Crippen molar-refractivity contribution in [3.63, 3.8) is 0 Å². The van der Waals surface area contributed by atoms with Crippen LogP contribution in [0, 0.1) is 23.7 Å². The first kappa shape index (κ1) is 39.9. The number of aryl methyl sites for hydroxylation is 3. The van der Waals surface area contributed by atoms with Crippen molar-refractivity contribution in [3.8, 4) is 0 Å². The van der Waals surface area contributed by atoms with Crippen LogP contribution in [-0.4, -0.2) is 9.97 Å². The summed E-state index contributed by atoms with van der Waals surface area (Å²) >= 11 is 0. The Balaban J connectivity index is 1.36. The Hall–Kier alpha value is -4.96. The number of rotatable bonds is 9. The van der Waals surface area contributed by atoms with Gasteiger partial charge in [-0.05, 0) is 144 Å². The summed E-state index contributed by atoms with van der Waals surface area (Å²) in [6, 6.07) is 24.8. The number of nitrogens with zero attached hydrogens (tertiary/aromatic N) is 4. The minimum Gasteiger partial charge on any atom is -0.239 e. The second kappa shape index (κ2) is 15.1. The molecular formula is C58H66N4+2. The van der Waals surface area contributed by atoms with Crippen molar-refractivity contribution in [1.29, 1.82) is 0 Å². The van der Waals surface area contributed by atoms with Gasteiger partial charge in [0.2, 0.25) is 28.5 Å². The lowest BCUT2D eigenvalue weighted by Gasteiger charge is -2.24. The molecule has 0 fully saturated rings. The fourth-order valence-corrected chi connectivity index (χ4v) is 12.5. The van der Waals surface area contributed by atoms with Gasteiger partial charge in [-0.25, -0.2) is 9.97 Å². The molecule has 2 aliphatic carbocycles. The van der Waals surface area contributed by atoms with Gasteiger partial charge in [-0.15, -0.1) is 0 Å². The van der Waals surface area contributed by atoms with E-state index < -0.39 is 0 Å². The van der Waals surface area contributed by atoms with E-state index in [4.69, 9.17) is 9.97 Å². The van der Waals surface area contributed by atoms with Crippen molar-refractivity contribution in [2.75, 3.05) is 0 Å². The zero-order chi connectivity index (χ0) is 42.7. The Morgan fingerprint density at radius 3 is 1.44 bits per heavy atom. The quantitative estimate of drug-likeness (QED) is 0.107. The third kappa shape index (κ3) is 6.20. The van der Waals surface area contributed by atoms with E-state index in [0.29, 0.717) is 23.7 Å². The SMILES string of the molecule is CC(C)Cc1ccc2c(c1)c1nc3c([n+](C)c1c1c(C4c5c(CC(C)C)ccc6c7ccc(CC(C)C)cc7c7nc8c([n+]4c7c56)CCCC8)c(CC(C)C)ccc21)CCCC3. The molecule has 0 amide bonds. The Kier molecular flexibility index (Phi) is 9.71. The van der Waals surface area contributed by atoms with Gasteiger partial charge in [0.1, 0.15) is 29.5 Å². The average Bonchev–Trinajstić information content (AvgIpc) is 3.59. The molecule has 1 aliphatic heterocycles. The molecule has 1 unspecified atom stereocenters. The summed E-state index contributed by atoms with van der Waals surface area (Å²) in [5.41, 5.74) is 19.5. The molecule has 8 aromatic rings. The van der Waals surface area contributed by atoms with Crippen LogP contribution < -0.4 is 9.13 Å². The van der Waals surface area contributed by atoms with Crippen LogP contribution in [0.4, 0.5) is 0 Å². The summed E-state index contributed by atoms with van der Waals surface area (Å²) in [5, 5.41) is 11.0. The fraction of sp³-hybridized carbons (Fsp3) is 0.448. The van der Waals surface area contributed by atoms with Gasteiger partial charge in [0.05, 0.1) is 10.8 Å². The maximum absolute atomic E-state index is 5.81. The van der Waals surface area contributed by atoms with Gasteiger partial charge in [-0.3, -0.25) is 0 Å². The topological polar surface area (TPSA) is 33.5 Å². The van der Waals surface area contributed by atoms with Crippen molar-refractivity contribution in [2.24, 2.45) is 30.7 Å². The lowest BCUT2D eigenvalue weighted by Crippen LogP contribution is -2.46. The van der Waals surface area contributed by atoms with Crippen molar-refractivity contribution < 1.29 is 9.13 Å². The predicted molar refractivity (Wildman–Crippen MR) is 260 cm³/mol. The third-order valence-electron chi connectivity index (χ3n) is 14.8. The van der Waals surface area contributed by atoms with E-state index in [1.54, 1.807) is 0 Å². The molecule has 1 atom stereocenters. The Morgan fingerprint density at radius 2 is 0.919 bits per heavy atom. The average molecular weight is 819 g/mol. The molecule has 0 bridgehead atoms. The maximum atomic E-state index is 5.81. The highest BCUT2D eigenvalue weighted by atomic mass is 15.1. The first-order chi connectivity index (χ1) is 30.0. The lowest BCUT2D eigenvalue weighted by atomic mass is 9.81.